The van der Waals surface area contributed by atoms with Gasteiger partial charge in [-0.25, -0.2) is 0 Å². The van der Waals surface area contributed by atoms with E-state index in [1.54, 1.807) is 30.5 Å². The summed E-state index contributed by atoms with van der Waals surface area (Å²) in [5.41, 5.74) is 1.14. The lowest BCUT2D eigenvalue weighted by Gasteiger charge is -2.06. The molecule has 1 aromatic heterocycles. The number of hydrogen-bond donors (Lipinski definition) is 1. The van der Waals surface area contributed by atoms with Gasteiger partial charge >= 0.3 is 0 Å². The van der Waals surface area contributed by atoms with Crippen LogP contribution in [0.2, 0.25) is 5.02 Å². The number of carbonyl (C=O) groups excluding carboxylic acids is 2. The quantitative estimate of drug-likeness (QED) is 0.873. The summed E-state index contributed by atoms with van der Waals surface area (Å²) in [5, 5.41) is 7.09. The van der Waals surface area contributed by atoms with E-state index < -0.39 is 0 Å². The molecule has 0 fully saturated rings. The standard InChI is InChI=1S/C13H12ClN3O2/c1-9(18)10-3-2-4-12(5-10)16-13(19)8-17-7-11(14)6-15-17/h2-7H,8H2,1H3,(H,16,19). The number of nitrogens with zero attached hydrogens (tertiary/aromatic N) is 2. The molecule has 1 N–H and O–H groups in total. The molecule has 2 aromatic rings. The minimum absolute atomic E-state index is 0.0463. The van der Waals surface area contributed by atoms with E-state index >= 15 is 0 Å². The molecule has 5 nitrogen and oxygen atoms in total. The molecule has 1 amide bonds. The Labute approximate surface area is 115 Å². The molecule has 0 saturated heterocycles. The highest BCUT2D eigenvalue weighted by molar-refractivity contribution is 6.30. The molecule has 2 rings (SSSR count). The first-order chi connectivity index (χ1) is 9.04. The minimum Gasteiger partial charge on any atom is -0.324 e. The highest BCUT2D eigenvalue weighted by Crippen LogP contribution is 2.11. The van der Waals surface area contributed by atoms with E-state index in [1.807, 2.05) is 0 Å². The van der Waals surface area contributed by atoms with Gasteiger partial charge in [0.2, 0.25) is 5.91 Å². The number of aromatic nitrogens is 2. The predicted molar refractivity (Wildman–Crippen MR) is 72.3 cm³/mol. The Bertz CT molecular complexity index is 622. The summed E-state index contributed by atoms with van der Waals surface area (Å²) in [6, 6.07) is 6.78. The number of ketones is 1. The van der Waals surface area contributed by atoms with Gasteiger partial charge in [-0.2, -0.15) is 5.10 Å². The van der Waals surface area contributed by atoms with Crippen molar-refractivity contribution in [1.82, 2.24) is 9.78 Å². The van der Waals surface area contributed by atoms with Crippen LogP contribution in [0.4, 0.5) is 5.69 Å². The first kappa shape index (κ1) is 13.3. The maximum Gasteiger partial charge on any atom is 0.246 e. The van der Waals surface area contributed by atoms with Crippen molar-refractivity contribution in [2.75, 3.05) is 5.32 Å². The molecule has 19 heavy (non-hydrogen) atoms. The van der Waals surface area contributed by atoms with Gasteiger partial charge in [0.05, 0.1) is 11.2 Å². The smallest absolute Gasteiger partial charge is 0.246 e. The Balaban J connectivity index is 2.02. The summed E-state index contributed by atoms with van der Waals surface area (Å²) in [6.45, 7) is 1.55. The molecule has 1 aromatic carbocycles. The van der Waals surface area contributed by atoms with Crippen LogP contribution in [0.1, 0.15) is 17.3 Å². The Morgan fingerprint density at radius 1 is 1.42 bits per heavy atom. The van der Waals surface area contributed by atoms with Crippen molar-refractivity contribution < 1.29 is 9.59 Å². The molecule has 1 heterocycles. The second kappa shape index (κ2) is 5.67. The average molecular weight is 278 g/mol. The van der Waals surface area contributed by atoms with Gasteiger partial charge in [-0.15, -0.1) is 0 Å². The van der Waals surface area contributed by atoms with Crippen LogP contribution in [0.25, 0.3) is 0 Å². The number of anilines is 1. The molecule has 0 atom stereocenters. The maximum atomic E-state index is 11.8. The second-order valence-electron chi connectivity index (χ2n) is 4.04. The highest BCUT2D eigenvalue weighted by atomic mass is 35.5. The summed E-state index contributed by atoms with van der Waals surface area (Å²) < 4.78 is 1.44. The predicted octanol–water partition coefficient (Wildman–Crippen LogP) is 2.38. The van der Waals surface area contributed by atoms with Crippen molar-refractivity contribution in [3.8, 4) is 0 Å². The highest BCUT2D eigenvalue weighted by Gasteiger charge is 2.06. The van der Waals surface area contributed by atoms with Crippen LogP contribution in [0.5, 0.6) is 0 Å². The largest absolute Gasteiger partial charge is 0.324 e. The van der Waals surface area contributed by atoms with Gasteiger partial charge < -0.3 is 5.32 Å². The molecule has 0 bridgehead atoms. The molecular weight excluding hydrogens is 266 g/mol. The third kappa shape index (κ3) is 3.66. The van der Waals surface area contributed by atoms with E-state index in [1.165, 1.54) is 17.8 Å². The summed E-state index contributed by atoms with van der Waals surface area (Å²) in [4.78, 5) is 23.0. The molecule has 0 aliphatic carbocycles. The Morgan fingerprint density at radius 3 is 2.84 bits per heavy atom. The van der Waals surface area contributed by atoms with Gasteiger partial charge in [0.1, 0.15) is 6.54 Å². The van der Waals surface area contributed by atoms with Crippen LogP contribution < -0.4 is 5.32 Å². The van der Waals surface area contributed by atoms with Crippen LogP contribution in [0.3, 0.4) is 0 Å². The molecule has 0 radical (unpaired) electrons. The molecule has 0 aliphatic rings. The fraction of sp³-hybridized carbons (Fsp3) is 0.154. The van der Waals surface area contributed by atoms with Gasteiger partial charge in [-0.05, 0) is 19.1 Å². The first-order valence-electron chi connectivity index (χ1n) is 5.63. The van der Waals surface area contributed by atoms with Gasteiger partial charge in [0.15, 0.2) is 5.78 Å². The van der Waals surface area contributed by atoms with Crippen LogP contribution in [0.15, 0.2) is 36.7 Å². The van der Waals surface area contributed by atoms with Crippen molar-refractivity contribution in [1.29, 1.82) is 0 Å². The normalized spacial score (nSPS) is 10.2. The number of hydrogen-bond acceptors (Lipinski definition) is 3. The zero-order chi connectivity index (χ0) is 13.8. The zero-order valence-corrected chi connectivity index (χ0v) is 11.0. The number of benzene rings is 1. The summed E-state index contributed by atoms with van der Waals surface area (Å²) in [6.07, 6.45) is 3.03. The number of rotatable bonds is 4. The van der Waals surface area contributed by atoms with Gasteiger partial charge in [0.25, 0.3) is 0 Å². The Hall–Kier alpha value is -2.14. The lowest BCUT2D eigenvalue weighted by atomic mass is 10.1. The van der Waals surface area contributed by atoms with Crippen molar-refractivity contribution >= 4 is 29.0 Å². The molecule has 0 spiro atoms. The molecule has 0 unspecified atom stereocenters. The minimum atomic E-state index is -0.236. The van der Waals surface area contributed by atoms with Crippen molar-refractivity contribution in [2.24, 2.45) is 0 Å². The van der Waals surface area contributed by atoms with Crippen LogP contribution in [-0.4, -0.2) is 21.5 Å². The molecule has 0 aliphatic heterocycles. The summed E-state index contributed by atoms with van der Waals surface area (Å²) >= 11 is 5.71. The summed E-state index contributed by atoms with van der Waals surface area (Å²) in [5.74, 6) is -0.282. The van der Waals surface area contributed by atoms with E-state index in [0.29, 0.717) is 16.3 Å². The average Bonchev–Trinajstić information content (AvgIpc) is 2.74. The van der Waals surface area contributed by atoms with E-state index in [0.717, 1.165) is 0 Å². The summed E-state index contributed by atoms with van der Waals surface area (Å²) in [7, 11) is 0. The van der Waals surface area contributed by atoms with Crippen LogP contribution in [0, 0.1) is 0 Å². The molecular formula is C13H12ClN3O2. The Kier molecular flexibility index (Phi) is 3.97. The van der Waals surface area contributed by atoms with Gasteiger partial charge in [0, 0.05) is 17.4 Å². The van der Waals surface area contributed by atoms with Gasteiger partial charge in [-0.3, -0.25) is 14.3 Å². The number of amides is 1. The van der Waals surface area contributed by atoms with Crippen molar-refractivity contribution in [3.05, 3.63) is 47.2 Å². The lowest BCUT2D eigenvalue weighted by Crippen LogP contribution is -2.19. The van der Waals surface area contributed by atoms with Gasteiger partial charge in [-0.1, -0.05) is 23.7 Å². The van der Waals surface area contributed by atoms with E-state index in [9.17, 15) is 9.59 Å². The monoisotopic (exact) mass is 277 g/mol. The number of carbonyl (C=O) groups is 2. The topological polar surface area (TPSA) is 64.0 Å². The number of nitrogens with one attached hydrogen (secondary N) is 1. The third-order valence-electron chi connectivity index (χ3n) is 2.46. The fourth-order valence-corrected chi connectivity index (χ4v) is 1.74. The Morgan fingerprint density at radius 2 is 2.21 bits per heavy atom. The zero-order valence-electron chi connectivity index (χ0n) is 10.3. The van der Waals surface area contributed by atoms with E-state index in [-0.39, 0.29) is 18.2 Å². The number of Topliss-reactive ketones (excluding diaryl/α,β-unsaturated/α-hetero) is 1. The van der Waals surface area contributed by atoms with Crippen LogP contribution >= 0.6 is 11.6 Å². The van der Waals surface area contributed by atoms with E-state index in [2.05, 4.69) is 10.4 Å². The second-order valence-corrected chi connectivity index (χ2v) is 4.48. The maximum absolute atomic E-state index is 11.8. The number of halogens is 1. The molecule has 98 valence electrons. The van der Waals surface area contributed by atoms with Crippen molar-refractivity contribution in [2.45, 2.75) is 13.5 Å². The lowest BCUT2D eigenvalue weighted by molar-refractivity contribution is -0.116. The molecule has 6 heteroatoms. The SMILES string of the molecule is CC(=O)c1cccc(NC(=O)Cn2cc(Cl)cn2)c1. The van der Waals surface area contributed by atoms with E-state index in [4.69, 9.17) is 11.6 Å². The van der Waals surface area contributed by atoms with Crippen LogP contribution in [-0.2, 0) is 11.3 Å². The molecule has 0 saturated carbocycles. The third-order valence-corrected chi connectivity index (χ3v) is 2.66. The fourth-order valence-electron chi connectivity index (χ4n) is 1.59. The first-order valence-corrected chi connectivity index (χ1v) is 6.01. The van der Waals surface area contributed by atoms with Crippen molar-refractivity contribution in [3.63, 3.8) is 0 Å².